The first-order valence-corrected chi connectivity index (χ1v) is 20.6. The predicted molar refractivity (Wildman–Crippen MR) is 243 cm³/mol. The molecular weight excluding hydrogens is 829 g/mol. The molecule has 2 saturated heterocycles. The van der Waals surface area contributed by atoms with Crippen molar-refractivity contribution in [3.8, 4) is 0 Å². The minimum Gasteiger partial charge on any atom is -0.478 e. The monoisotopic (exact) mass is 898 g/mol. The fraction of sp³-hybridized carbons (Fsp3) is 0.348. The lowest BCUT2D eigenvalue weighted by Crippen LogP contribution is -2.49. The van der Waals surface area contributed by atoms with E-state index in [1.165, 1.54) is 23.5 Å². The van der Waals surface area contributed by atoms with Crippen molar-refractivity contribution < 1.29 is 61.4 Å². The summed E-state index contributed by atoms with van der Waals surface area (Å²) in [4.78, 5) is 33.1. The molecule has 62 heavy (non-hydrogen) atoms. The van der Waals surface area contributed by atoms with Gasteiger partial charge in [-0.2, -0.15) is 0 Å². The molecule has 4 aliphatic rings. The molecule has 0 aliphatic carbocycles. The molecule has 4 heterocycles. The first kappa shape index (κ1) is 29.3. The van der Waals surface area contributed by atoms with Gasteiger partial charge in [0.15, 0.2) is 0 Å². The molecule has 0 amide bonds. The van der Waals surface area contributed by atoms with Crippen LogP contribution in [0.2, 0.25) is 0 Å². The maximum atomic E-state index is 9.55. The fourth-order valence-corrected chi connectivity index (χ4v) is 7.49. The van der Waals surface area contributed by atoms with Gasteiger partial charge in [-0.3, -0.25) is 9.80 Å². The number of benzene rings is 4. The zero-order valence-electron chi connectivity index (χ0n) is 49.0. The summed E-state index contributed by atoms with van der Waals surface area (Å²) in [7, 11) is 0. The number of rotatable bonds is 12. The van der Waals surface area contributed by atoms with Crippen LogP contribution in [-0.2, 0) is 19.1 Å². The maximum absolute atomic E-state index is 9.55. The van der Waals surface area contributed by atoms with E-state index in [2.05, 4.69) is 9.98 Å². The highest BCUT2D eigenvalue weighted by Crippen LogP contribution is 2.42. The Hall–Kier alpha value is -5.04. The van der Waals surface area contributed by atoms with Gasteiger partial charge in [0.05, 0.1) is 62.0 Å². The number of fused-ring (bicyclic) bond motifs is 4. The normalized spacial score (nSPS) is 26.4. The van der Waals surface area contributed by atoms with Gasteiger partial charge in [0.2, 0.25) is 0 Å². The highest BCUT2D eigenvalue weighted by atomic mass is 32.2. The van der Waals surface area contributed by atoms with Crippen LogP contribution in [0, 0.1) is 0 Å². The number of amidine groups is 2. The third kappa shape index (κ3) is 13.7. The average molecular weight is 899 g/mol. The third-order valence-corrected chi connectivity index (χ3v) is 10.5. The van der Waals surface area contributed by atoms with Gasteiger partial charge in [0.25, 0.3) is 0 Å². The molecular formula is C46H54N6O8S2. The topological polar surface area (TPSA) is 171 Å². The number of hydrogen-bond donors (Lipinski definition) is 4. The SMILES string of the molecule is O=C(O)/C=C/C(=O)O.[2H]C1([2H])N(CCOCCO)C([2H])([2H])C([2H])([2H])N(C2=Nc3ccccc3Sc3ccccc32)C1([2H])[2H].[2H]C1([2H])N(CCOCCO)C([2H])([2H])C([2H])([2H])N(C2=Nc3ccccc3Sc3ccccc32)C1([2H])[2H]. The Morgan fingerprint density at radius 3 is 1.27 bits per heavy atom. The van der Waals surface area contributed by atoms with Crippen LogP contribution < -0.4 is 0 Å². The molecule has 14 nitrogen and oxygen atoms in total. The zero-order chi connectivity index (χ0) is 57.9. The summed E-state index contributed by atoms with van der Waals surface area (Å²) < 4.78 is 150. The summed E-state index contributed by atoms with van der Waals surface area (Å²) in [6.07, 6.45) is 1.12. The maximum Gasteiger partial charge on any atom is 0.328 e. The number of aliphatic carboxylic acids is 2. The van der Waals surface area contributed by atoms with Crippen molar-refractivity contribution in [2.24, 2.45) is 9.98 Å². The number of para-hydroxylation sites is 2. The second-order valence-electron chi connectivity index (χ2n) is 12.6. The van der Waals surface area contributed by atoms with Crippen LogP contribution in [0.25, 0.3) is 0 Å². The molecule has 16 heteroatoms. The van der Waals surface area contributed by atoms with E-state index in [1.807, 2.05) is 24.3 Å². The van der Waals surface area contributed by atoms with Crippen molar-refractivity contribution in [2.75, 3.05) is 105 Å². The van der Waals surface area contributed by atoms with Crippen LogP contribution >= 0.6 is 23.5 Å². The minimum absolute atomic E-state index is 0.0591. The predicted octanol–water partition coefficient (Wildman–Crippen LogP) is 5.42. The highest BCUT2D eigenvalue weighted by molar-refractivity contribution is 7.99. The Balaban J connectivity index is 0.000000221. The standard InChI is InChI=1S/2C21H25N3O2S.C4H4O4/c2*25-14-16-26-15-13-23-9-11-24(12-10-23)21-17-5-1-3-7-19(17)27-20-8-4-2-6-18(20)22-21;5-3(6)1-2-4(7)8/h2*1-8,25H,9-16H2;1-2H,(H,5,6)(H,7,8)/b;;2-1+/i2*9D2,10D2,11D2,12D2;. The summed E-state index contributed by atoms with van der Waals surface area (Å²) in [5, 5.41) is 33.4. The molecule has 4 aromatic carbocycles. The van der Waals surface area contributed by atoms with Crippen LogP contribution in [0.1, 0.15) is 33.1 Å². The van der Waals surface area contributed by atoms with Crippen molar-refractivity contribution in [1.29, 1.82) is 0 Å². The molecule has 0 radical (unpaired) electrons. The minimum atomic E-state index is -3.05. The molecule has 2 fully saturated rings. The number of carboxylic acids is 2. The van der Waals surface area contributed by atoms with Crippen LogP contribution in [0.3, 0.4) is 0 Å². The zero-order valence-corrected chi connectivity index (χ0v) is 34.6. The van der Waals surface area contributed by atoms with Crippen molar-refractivity contribution in [3.05, 3.63) is 120 Å². The Morgan fingerprint density at radius 1 is 0.548 bits per heavy atom. The Bertz CT molecular complexity index is 2680. The fourth-order valence-electron chi connectivity index (χ4n) is 5.45. The molecule has 0 unspecified atom stereocenters. The van der Waals surface area contributed by atoms with Crippen LogP contribution in [0.5, 0.6) is 0 Å². The molecule has 4 aromatic rings. The molecule has 4 N–H and O–H groups in total. The van der Waals surface area contributed by atoms with E-state index < -0.39 is 77.0 Å². The lowest BCUT2D eigenvalue weighted by atomic mass is 10.1. The lowest BCUT2D eigenvalue weighted by molar-refractivity contribution is -0.134. The van der Waals surface area contributed by atoms with Gasteiger partial charge in [-0.05, 0) is 36.4 Å². The first-order chi connectivity index (χ1) is 36.4. The van der Waals surface area contributed by atoms with Crippen LogP contribution in [0.4, 0.5) is 11.4 Å². The summed E-state index contributed by atoms with van der Waals surface area (Å²) in [5.41, 5.74) is 1.62. The number of aliphatic hydroxyl groups is 2. The van der Waals surface area contributed by atoms with E-state index in [1.54, 1.807) is 72.8 Å². The van der Waals surface area contributed by atoms with Crippen molar-refractivity contribution >= 4 is 58.5 Å². The van der Waals surface area contributed by atoms with E-state index in [4.69, 9.17) is 51.8 Å². The van der Waals surface area contributed by atoms with Crippen LogP contribution in [-0.4, -0.2) is 168 Å². The second kappa shape index (κ2) is 24.6. The van der Waals surface area contributed by atoms with E-state index in [0.717, 1.165) is 9.79 Å². The average Bonchev–Trinajstić information content (AvgIpc) is 3.74. The number of nitrogens with zero attached hydrogens (tertiary/aromatic N) is 6. The summed E-state index contributed by atoms with van der Waals surface area (Å²) in [5.74, 6) is -2.91. The highest BCUT2D eigenvalue weighted by Gasteiger charge is 2.26. The smallest absolute Gasteiger partial charge is 0.328 e. The van der Waals surface area contributed by atoms with E-state index in [0.29, 0.717) is 64.0 Å². The van der Waals surface area contributed by atoms with E-state index in [-0.39, 0.29) is 51.3 Å². The summed E-state index contributed by atoms with van der Waals surface area (Å²) in [6, 6.07) is 27.9. The van der Waals surface area contributed by atoms with Crippen molar-refractivity contribution in [3.63, 3.8) is 0 Å². The number of carboxylic acid groups (broad SMARTS) is 2. The van der Waals surface area contributed by atoms with Gasteiger partial charge in [-0.15, -0.1) is 0 Å². The van der Waals surface area contributed by atoms with Crippen molar-refractivity contribution in [1.82, 2.24) is 19.6 Å². The van der Waals surface area contributed by atoms with Gasteiger partial charge in [-0.25, -0.2) is 19.6 Å². The number of hydrogen-bond acceptors (Lipinski definition) is 14. The summed E-state index contributed by atoms with van der Waals surface area (Å²) in [6.45, 7) is -26.1. The number of ether oxygens (including phenoxy) is 2. The molecule has 0 atom stereocenters. The summed E-state index contributed by atoms with van der Waals surface area (Å²) >= 11 is 2.73. The third-order valence-electron chi connectivity index (χ3n) is 8.25. The van der Waals surface area contributed by atoms with Gasteiger partial charge in [0.1, 0.15) is 11.7 Å². The Kier molecular flexibility index (Phi) is 11.6. The van der Waals surface area contributed by atoms with Gasteiger partial charge in [0, 0.05) is 119 Å². The van der Waals surface area contributed by atoms with Gasteiger partial charge in [-0.1, -0.05) is 84.2 Å². The van der Waals surface area contributed by atoms with Crippen molar-refractivity contribution in [2.45, 2.75) is 19.6 Å². The number of carbonyl (C=O) groups is 2. The van der Waals surface area contributed by atoms with Crippen LogP contribution in [0.15, 0.2) is 139 Å². The van der Waals surface area contributed by atoms with Gasteiger partial charge < -0.3 is 39.7 Å². The molecule has 0 saturated carbocycles. The lowest BCUT2D eigenvalue weighted by Gasteiger charge is -2.36. The Morgan fingerprint density at radius 2 is 0.903 bits per heavy atom. The molecule has 0 spiro atoms. The molecule has 4 aliphatic heterocycles. The Labute approximate surface area is 393 Å². The second-order valence-corrected chi connectivity index (χ2v) is 14.7. The van der Waals surface area contributed by atoms with Gasteiger partial charge >= 0.3 is 11.9 Å². The van der Waals surface area contributed by atoms with E-state index >= 15 is 0 Å². The molecule has 0 bridgehead atoms. The number of aliphatic hydroxyl groups excluding tert-OH is 2. The quantitative estimate of drug-likeness (QED) is 0.105. The van der Waals surface area contributed by atoms with E-state index in [9.17, 15) is 9.59 Å². The molecule has 0 aromatic heterocycles. The number of piperazine rings is 2. The molecule has 328 valence electrons. The number of aliphatic imine (C=N–C) groups is 2. The largest absolute Gasteiger partial charge is 0.478 e. The first-order valence-electron chi connectivity index (χ1n) is 26.9. The molecule has 8 rings (SSSR count).